The summed E-state index contributed by atoms with van der Waals surface area (Å²) in [4.78, 5) is 0. The predicted molar refractivity (Wildman–Crippen MR) is 200 cm³/mol. The molecule has 0 aromatic carbocycles. The molecular formula is C46H60. The Morgan fingerprint density at radius 2 is 0.848 bits per heavy atom. The first-order chi connectivity index (χ1) is 22.5. The molecule has 4 saturated carbocycles. The van der Waals surface area contributed by atoms with Crippen LogP contribution in [0.5, 0.6) is 0 Å². The van der Waals surface area contributed by atoms with Gasteiger partial charge < -0.3 is 0 Å². The van der Waals surface area contributed by atoms with E-state index in [0.29, 0.717) is 82.9 Å². The zero-order valence-corrected chi connectivity index (χ0v) is 28.4. The molecular weight excluding hydrogens is 553 g/mol. The monoisotopic (exact) mass is 612 g/mol. The van der Waals surface area contributed by atoms with E-state index in [9.17, 15) is 0 Å². The summed E-state index contributed by atoms with van der Waals surface area (Å²) < 4.78 is 0. The van der Waals surface area contributed by atoms with Crippen LogP contribution in [0.2, 0.25) is 0 Å². The molecule has 0 aromatic rings. The first kappa shape index (κ1) is 33.1. The van der Waals surface area contributed by atoms with Gasteiger partial charge in [-0.25, -0.2) is 0 Å². The van der Waals surface area contributed by atoms with Gasteiger partial charge in [0.15, 0.2) is 0 Å². The highest BCUT2D eigenvalue weighted by atomic mass is 14.5. The molecule has 0 radical (unpaired) electrons. The van der Waals surface area contributed by atoms with Crippen LogP contribution in [-0.2, 0) is 0 Å². The summed E-state index contributed by atoms with van der Waals surface area (Å²) in [6.07, 6.45) is 48.0. The van der Waals surface area contributed by atoms with E-state index in [2.05, 4.69) is 137 Å². The van der Waals surface area contributed by atoms with Crippen LogP contribution in [0, 0.1) is 94.7 Å². The Hall–Kier alpha value is -2.86. The molecule has 46 heavy (non-hydrogen) atoms. The maximum absolute atomic E-state index is 4.30. The van der Waals surface area contributed by atoms with Crippen molar-refractivity contribution < 1.29 is 0 Å². The molecule has 6 aliphatic carbocycles. The van der Waals surface area contributed by atoms with Crippen LogP contribution in [-0.4, -0.2) is 0 Å². The van der Waals surface area contributed by atoms with E-state index in [4.69, 9.17) is 0 Å². The molecule has 6 aliphatic rings. The van der Waals surface area contributed by atoms with Crippen molar-refractivity contribution in [2.45, 2.75) is 51.4 Å². The lowest BCUT2D eigenvalue weighted by molar-refractivity contribution is 0.376. The third-order valence-corrected chi connectivity index (χ3v) is 13.8. The zero-order chi connectivity index (χ0) is 32.2. The number of rotatable bonds is 14. The van der Waals surface area contributed by atoms with Gasteiger partial charge in [-0.1, -0.05) is 97.2 Å². The second-order valence-corrected chi connectivity index (χ2v) is 15.7. The first-order valence-corrected chi connectivity index (χ1v) is 18.6. The highest BCUT2D eigenvalue weighted by Gasteiger charge is 2.44. The van der Waals surface area contributed by atoms with Gasteiger partial charge in [0.25, 0.3) is 0 Å². The van der Waals surface area contributed by atoms with Crippen molar-refractivity contribution in [2.24, 2.45) is 94.7 Å². The predicted octanol–water partition coefficient (Wildman–Crippen LogP) is 11.9. The van der Waals surface area contributed by atoms with Gasteiger partial charge in [-0.2, -0.15) is 0 Å². The fraction of sp³-hybridized carbons (Fsp3) is 0.522. The van der Waals surface area contributed by atoms with Crippen molar-refractivity contribution in [3.05, 3.63) is 137 Å². The van der Waals surface area contributed by atoms with Crippen LogP contribution < -0.4 is 0 Å². The van der Waals surface area contributed by atoms with E-state index in [1.54, 1.807) is 0 Å². The Morgan fingerprint density at radius 3 is 1.35 bits per heavy atom. The highest BCUT2D eigenvalue weighted by molar-refractivity contribution is 5.20. The van der Waals surface area contributed by atoms with Gasteiger partial charge in [0.05, 0.1) is 0 Å². The van der Waals surface area contributed by atoms with Crippen molar-refractivity contribution in [1.29, 1.82) is 0 Å². The fourth-order valence-electron chi connectivity index (χ4n) is 11.4. The average Bonchev–Trinajstić information content (AvgIpc) is 3.91. The highest BCUT2D eigenvalue weighted by Crippen LogP contribution is 2.52. The first-order valence-electron chi connectivity index (χ1n) is 18.6. The lowest BCUT2D eigenvalue weighted by Gasteiger charge is -2.23. The van der Waals surface area contributed by atoms with Crippen LogP contribution in [0.1, 0.15) is 51.4 Å². The summed E-state index contributed by atoms with van der Waals surface area (Å²) in [5, 5.41) is 0. The molecule has 0 bridgehead atoms. The Labute approximate surface area is 282 Å². The van der Waals surface area contributed by atoms with E-state index >= 15 is 0 Å². The molecule has 244 valence electrons. The standard InChI is InChI=1S/C46H60/c1-7-31-27-35(23-25-37-29-33(9-3)41-19-15-21-45(37)41)43(39(31)11-5)17-13-14-18-44-36(28-32(8-2)40(44)12-6)24-26-38-30-34(10-4)42-20-16-22-46(38)42/h7-16,19,22-26,31-46H,1-6,17-18,20-21,27-30H2/b14-13-,25-23-,26-24-. The lowest BCUT2D eigenvalue weighted by Crippen LogP contribution is -2.15. The van der Waals surface area contributed by atoms with E-state index < -0.39 is 0 Å². The number of allylic oxidation sites excluding steroid dienone is 16. The summed E-state index contributed by atoms with van der Waals surface area (Å²) in [5.41, 5.74) is 0. The minimum atomic E-state index is 0.494. The van der Waals surface area contributed by atoms with Crippen molar-refractivity contribution in [1.82, 2.24) is 0 Å². The molecule has 0 aliphatic heterocycles. The maximum Gasteiger partial charge on any atom is -0.0133 e. The molecule has 0 amide bonds. The normalized spacial score (nSPS) is 46.0. The number of hydrogen-bond acceptors (Lipinski definition) is 0. The van der Waals surface area contributed by atoms with Gasteiger partial charge in [-0.05, 0) is 146 Å². The van der Waals surface area contributed by atoms with Crippen LogP contribution in [0.3, 0.4) is 0 Å². The third-order valence-electron chi connectivity index (χ3n) is 13.8. The smallest absolute Gasteiger partial charge is 0.0133 e. The Bertz CT molecular complexity index is 1280. The molecule has 0 aromatic heterocycles. The van der Waals surface area contributed by atoms with Gasteiger partial charge in [-0.3, -0.25) is 0 Å². The quantitative estimate of drug-likeness (QED) is 0.171. The molecule has 0 heteroatoms. The summed E-state index contributed by atoms with van der Waals surface area (Å²) in [5.74, 6) is 9.91. The Morgan fingerprint density at radius 1 is 0.435 bits per heavy atom. The summed E-state index contributed by atoms with van der Waals surface area (Å²) in [7, 11) is 0. The number of hydrogen-bond donors (Lipinski definition) is 0. The Balaban J connectivity index is 1.12. The lowest BCUT2D eigenvalue weighted by atomic mass is 9.82. The third kappa shape index (κ3) is 6.35. The minimum absolute atomic E-state index is 0.494. The summed E-state index contributed by atoms with van der Waals surface area (Å²) in [6.45, 7) is 25.4. The number of fused-ring (bicyclic) bond motifs is 2. The molecule has 0 heterocycles. The fourth-order valence-corrected chi connectivity index (χ4v) is 11.4. The van der Waals surface area contributed by atoms with Gasteiger partial charge in [-0.15, -0.1) is 39.5 Å². The molecule has 0 spiro atoms. The molecule has 0 N–H and O–H groups in total. The molecule has 0 saturated heterocycles. The molecule has 16 unspecified atom stereocenters. The maximum atomic E-state index is 4.30. The SMILES string of the molecule is C=CC1CC(/C=C\C2CC(C=C)C(C=C)C2C/C=C\CC2C(/C=C\C3CC(C=C)C4CC=CC34)CC(C=C)C2C=C)C2CC=CC12. The van der Waals surface area contributed by atoms with Crippen molar-refractivity contribution in [3.63, 3.8) is 0 Å². The van der Waals surface area contributed by atoms with E-state index in [1.807, 2.05) is 0 Å². The van der Waals surface area contributed by atoms with E-state index in [0.717, 1.165) is 24.7 Å². The van der Waals surface area contributed by atoms with E-state index in [-0.39, 0.29) is 0 Å². The van der Waals surface area contributed by atoms with Crippen LogP contribution >= 0.6 is 0 Å². The Kier molecular flexibility index (Phi) is 10.7. The van der Waals surface area contributed by atoms with E-state index in [1.165, 1.54) is 38.5 Å². The largest absolute Gasteiger partial charge is 0.103 e. The zero-order valence-electron chi connectivity index (χ0n) is 28.4. The van der Waals surface area contributed by atoms with Gasteiger partial charge >= 0.3 is 0 Å². The second-order valence-electron chi connectivity index (χ2n) is 15.7. The minimum Gasteiger partial charge on any atom is -0.103 e. The van der Waals surface area contributed by atoms with Gasteiger partial charge in [0, 0.05) is 0 Å². The molecule has 4 fully saturated rings. The molecule has 0 nitrogen and oxygen atoms in total. The summed E-state index contributed by atoms with van der Waals surface area (Å²) in [6, 6.07) is 0. The van der Waals surface area contributed by atoms with Crippen molar-refractivity contribution >= 4 is 0 Å². The van der Waals surface area contributed by atoms with Gasteiger partial charge in [0.2, 0.25) is 0 Å². The second kappa shape index (κ2) is 14.9. The topological polar surface area (TPSA) is 0 Å². The van der Waals surface area contributed by atoms with Crippen LogP contribution in [0.25, 0.3) is 0 Å². The van der Waals surface area contributed by atoms with Crippen molar-refractivity contribution in [3.8, 4) is 0 Å². The molecule has 16 atom stereocenters. The van der Waals surface area contributed by atoms with Crippen LogP contribution in [0.4, 0.5) is 0 Å². The van der Waals surface area contributed by atoms with Gasteiger partial charge in [0.1, 0.15) is 0 Å². The van der Waals surface area contributed by atoms with Crippen molar-refractivity contribution in [2.75, 3.05) is 0 Å². The molecule has 6 rings (SSSR count). The van der Waals surface area contributed by atoms with Crippen LogP contribution in [0.15, 0.2) is 137 Å². The average molecular weight is 613 g/mol. The summed E-state index contributed by atoms with van der Waals surface area (Å²) >= 11 is 0.